The zero-order chi connectivity index (χ0) is 14.4. The summed E-state index contributed by atoms with van der Waals surface area (Å²) in [5.41, 5.74) is 8.59. The van der Waals surface area contributed by atoms with Gasteiger partial charge in [-0.15, -0.1) is 0 Å². The minimum absolute atomic E-state index is 0.146. The second-order valence-corrected chi connectivity index (χ2v) is 6.37. The number of nitrogens with one attached hydrogen (secondary N) is 1. The van der Waals surface area contributed by atoms with E-state index in [4.69, 9.17) is 10.5 Å². The third-order valence-electron chi connectivity index (χ3n) is 3.75. The highest BCUT2D eigenvalue weighted by Gasteiger charge is 2.30. The Morgan fingerprint density at radius 1 is 1.35 bits per heavy atom. The third-order valence-corrected chi connectivity index (χ3v) is 4.39. The highest BCUT2D eigenvalue weighted by molar-refractivity contribution is 9.10. The van der Waals surface area contributed by atoms with E-state index in [2.05, 4.69) is 40.0 Å². The van der Waals surface area contributed by atoms with Crippen LogP contribution in [0.4, 0.5) is 11.4 Å². The third kappa shape index (κ3) is 2.32. The predicted octanol–water partition coefficient (Wildman–Crippen LogP) is 2.01. The van der Waals surface area contributed by atoms with Crippen molar-refractivity contribution in [2.24, 2.45) is 5.73 Å². The summed E-state index contributed by atoms with van der Waals surface area (Å²) in [5, 5.41) is 2.83. The van der Waals surface area contributed by atoms with Crippen LogP contribution in [0.3, 0.4) is 0 Å². The van der Waals surface area contributed by atoms with Gasteiger partial charge in [0.25, 0.3) is 0 Å². The number of nitrogens with two attached hydrogens (primary N) is 1. The number of rotatable bonds is 1. The molecule has 0 bridgehead atoms. The summed E-state index contributed by atoms with van der Waals surface area (Å²) < 4.78 is 6.72. The molecule has 3 unspecified atom stereocenters. The Morgan fingerprint density at radius 3 is 2.65 bits per heavy atom. The van der Waals surface area contributed by atoms with Crippen LogP contribution in [0.2, 0.25) is 0 Å². The molecule has 1 amide bonds. The molecule has 2 aliphatic rings. The number of hydrogen-bond donors (Lipinski definition) is 2. The first-order valence-corrected chi connectivity index (χ1v) is 7.55. The maximum atomic E-state index is 11.6. The summed E-state index contributed by atoms with van der Waals surface area (Å²) in [5.74, 6) is -0.146. The van der Waals surface area contributed by atoms with Gasteiger partial charge in [0, 0.05) is 28.8 Å². The van der Waals surface area contributed by atoms with Gasteiger partial charge in [0.1, 0.15) is 6.04 Å². The number of amides is 1. The fraction of sp³-hybridized carbons (Fsp3) is 0.500. The molecule has 3 N–H and O–H groups in total. The molecule has 0 radical (unpaired) electrons. The molecule has 3 atom stereocenters. The lowest BCUT2D eigenvalue weighted by atomic mass is 10.1. The molecule has 20 heavy (non-hydrogen) atoms. The van der Waals surface area contributed by atoms with E-state index in [0.717, 1.165) is 34.5 Å². The number of ether oxygens (including phenoxy) is 1. The number of benzene rings is 1. The van der Waals surface area contributed by atoms with Crippen molar-refractivity contribution in [1.29, 1.82) is 0 Å². The lowest BCUT2D eigenvalue weighted by Gasteiger charge is -2.37. The molecule has 6 heteroatoms. The zero-order valence-electron chi connectivity index (χ0n) is 11.5. The van der Waals surface area contributed by atoms with E-state index in [1.165, 1.54) is 0 Å². The lowest BCUT2D eigenvalue weighted by molar-refractivity contribution is -0.116. The fourth-order valence-corrected chi connectivity index (χ4v) is 3.52. The van der Waals surface area contributed by atoms with Crippen LogP contribution in [0.1, 0.15) is 25.5 Å². The summed E-state index contributed by atoms with van der Waals surface area (Å²) in [6, 6.07) is 3.37. The van der Waals surface area contributed by atoms with Crippen molar-refractivity contribution in [3.05, 3.63) is 22.2 Å². The summed E-state index contributed by atoms with van der Waals surface area (Å²) in [6.45, 7) is 5.81. The van der Waals surface area contributed by atoms with Crippen LogP contribution in [0.25, 0.3) is 0 Å². The number of morpholine rings is 1. The first-order chi connectivity index (χ1) is 9.45. The van der Waals surface area contributed by atoms with E-state index in [1.54, 1.807) is 0 Å². The number of fused-ring (bicyclic) bond motifs is 1. The van der Waals surface area contributed by atoms with Crippen LogP contribution in [0, 0.1) is 0 Å². The predicted molar refractivity (Wildman–Crippen MR) is 81.9 cm³/mol. The molecule has 2 heterocycles. The molecule has 2 aliphatic heterocycles. The average molecular weight is 340 g/mol. The largest absolute Gasteiger partial charge is 0.372 e. The molecule has 0 spiro atoms. The second-order valence-electron chi connectivity index (χ2n) is 5.52. The van der Waals surface area contributed by atoms with E-state index < -0.39 is 6.04 Å². The van der Waals surface area contributed by atoms with E-state index in [9.17, 15) is 4.79 Å². The molecule has 5 nitrogen and oxygen atoms in total. The van der Waals surface area contributed by atoms with Crippen LogP contribution in [-0.4, -0.2) is 31.2 Å². The molecule has 0 saturated carbocycles. The number of anilines is 2. The van der Waals surface area contributed by atoms with Gasteiger partial charge < -0.3 is 20.7 Å². The van der Waals surface area contributed by atoms with Crippen molar-refractivity contribution >= 4 is 33.2 Å². The van der Waals surface area contributed by atoms with Gasteiger partial charge >= 0.3 is 0 Å². The highest BCUT2D eigenvalue weighted by atomic mass is 79.9. The molecule has 0 aliphatic carbocycles. The van der Waals surface area contributed by atoms with Gasteiger partial charge in [-0.3, -0.25) is 4.79 Å². The first kappa shape index (κ1) is 13.9. The van der Waals surface area contributed by atoms with Crippen LogP contribution in [0.5, 0.6) is 0 Å². The van der Waals surface area contributed by atoms with E-state index in [-0.39, 0.29) is 18.1 Å². The molecule has 3 rings (SSSR count). The Balaban J connectivity index is 1.95. The quantitative estimate of drug-likeness (QED) is 0.821. The Bertz CT molecular complexity index is 554. The normalized spacial score (nSPS) is 29.3. The van der Waals surface area contributed by atoms with Crippen LogP contribution >= 0.6 is 15.9 Å². The minimum Gasteiger partial charge on any atom is -0.372 e. The van der Waals surface area contributed by atoms with Gasteiger partial charge in [0.05, 0.1) is 17.9 Å². The van der Waals surface area contributed by atoms with Crippen molar-refractivity contribution in [2.75, 3.05) is 23.3 Å². The number of halogens is 1. The lowest BCUT2D eigenvalue weighted by Crippen LogP contribution is -2.45. The summed E-state index contributed by atoms with van der Waals surface area (Å²) in [4.78, 5) is 13.9. The van der Waals surface area contributed by atoms with Crippen molar-refractivity contribution in [2.45, 2.75) is 32.1 Å². The standard InChI is InChI=1S/C14H18BrN3O2/c1-7-5-18(6-8(2)20-7)12-4-11-9(3-10(12)15)13(16)14(19)17-11/h3-4,7-8,13H,5-6,16H2,1-2H3,(H,17,19). The average Bonchev–Trinajstić information content (AvgIpc) is 2.63. The first-order valence-electron chi connectivity index (χ1n) is 6.76. The molecule has 1 aromatic rings. The maximum Gasteiger partial charge on any atom is 0.245 e. The van der Waals surface area contributed by atoms with E-state index in [0.29, 0.717) is 0 Å². The molecule has 108 valence electrons. The smallest absolute Gasteiger partial charge is 0.245 e. The summed E-state index contributed by atoms with van der Waals surface area (Å²) in [6.07, 6.45) is 0.381. The van der Waals surface area contributed by atoms with E-state index in [1.807, 2.05) is 12.1 Å². The van der Waals surface area contributed by atoms with Gasteiger partial charge in [0.2, 0.25) is 5.91 Å². The van der Waals surface area contributed by atoms with Gasteiger partial charge in [-0.05, 0) is 41.9 Å². The number of carbonyl (C=O) groups is 1. The van der Waals surface area contributed by atoms with Gasteiger partial charge in [0.15, 0.2) is 0 Å². The second kappa shape index (κ2) is 5.02. The van der Waals surface area contributed by atoms with Crippen molar-refractivity contribution in [3.63, 3.8) is 0 Å². The number of carbonyl (C=O) groups excluding carboxylic acids is 1. The molecule has 1 aromatic carbocycles. The molecule has 1 saturated heterocycles. The van der Waals surface area contributed by atoms with E-state index >= 15 is 0 Å². The van der Waals surface area contributed by atoms with Crippen LogP contribution in [0.15, 0.2) is 16.6 Å². The Hall–Kier alpha value is -1.11. The monoisotopic (exact) mass is 339 g/mol. The van der Waals surface area contributed by atoms with Gasteiger partial charge in [-0.25, -0.2) is 0 Å². The van der Waals surface area contributed by atoms with Crippen molar-refractivity contribution < 1.29 is 9.53 Å². The molecule has 1 fully saturated rings. The fourth-order valence-electron chi connectivity index (χ4n) is 2.91. The molecule has 0 aromatic heterocycles. The molecular formula is C14H18BrN3O2. The van der Waals surface area contributed by atoms with Crippen molar-refractivity contribution in [1.82, 2.24) is 0 Å². The van der Waals surface area contributed by atoms with Gasteiger partial charge in [-0.1, -0.05) is 0 Å². The highest BCUT2D eigenvalue weighted by Crippen LogP contribution is 2.39. The van der Waals surface area contributed by atoms with Crippen LogP contribution in [-0.2, 0) is 9.53 Å². The molecular weight excluding hydrogens is 322 g/mol. The Labute approximate surface area is 126 Å². The topological polar surface area (TPSA) is 67.6 Å². The minimum atomic E-state index is -0.571. The Kier molecular flexibility index (Phi) is 3.48. The summed E-state index contributed by atoms with van der Waals surface area (Å²) >= 11 is 3.60. The zero-order valence-corrected chi connectivity index (χ0v) is 13.1. The SMILES string of the molecule is CC1CN(c2cc3c(cc2Br)C(N)C(=O)N3)CC(C)O1. The van der Waals surface area contributed by atoms with Gasteiger partial charge in [-0.2, -0.15) is 0 Å². The van der Waals surface area contributed by atoms with Crippen molar-refractivity contribution in [3.8, 4) is 0 Å². The number of nitrogens with zero attached hydrogens (tertiary/aromatic N) is 1. The maximum absolute atomic E-state index is 11.6. The summed E-state index contributed by atoms with van der Waals surface area (Å²) in [7, 11) is 0. The number of hydrogen-bond acceptors (Lipinski definition) is 4. The van der Waals surface area contributed by atoms with Crippen LogP contribution < -0.4 is 16.0 Å². The Morgan fingerprint density at radius 2 is 2.00 bits per heavy atom.